The van der Waals surface area contributed by atoms with Gasteiger partial charge < -0.3 is 10.4 Å². The van der Waals surface area contributed by atoms with Crippen molar-refractivity contribution in [3.63, 3.8) is 0 Å². The SMILES string of the molecule is C/C(=N\O)c1ccc2ncccc2c1.CC(=O)c1ccc2ncccc2c1.NO. The minimum Gasteiger partial charge on any atom is -0.411 e. The van der Waals surface area contributed by atoms with Crippen LogP contribution in [0.1, 0.15) is 29.8 Å². The van der Waals surface area contributed by atoms with Crippen LogP contribution in [0.5, 0.6) is 0 Å². The normalized spacial score (nSPS) is 10.6. The molecule has 0 amide bonds. The van der Waals surface area contributed by atoms with Crippen molar-refractivity contribution in [2.75, 3.05) is 0 Å². The minimum atomic E-state index is 0.0887. The number of fused-ring (bicyclic) bond motifs is 2. The number of carbonyl (C=O) groups is 1. The number of aromatic nitrogens is 2. The molecule has 2 aromatic carbocycles. The Labute approximate surface area is 168 Å². The molecule has 0 radical (unpaired) electrons. The van der Waals surface area contributed by atoms with Crippen LogP contribution in [0.4, 0.5) is 0 Å². The first-order chi connectivity index (χ1) is 14.1. The number of carbonyl (C=O) groups excluding carboxylic acids is 1. The summed E-state index contributed by atoms with van der Waals surface area (Å²) in [6, 6.07) is 19.0. The van der Waals surface area contributed by atoms with Crippen molar-refractivity contribution in [3.8, 4) is 0 Å². The summed E-state index contributed by atoms with van der Waals surface area (Å²) < 4.78 is 0. The number of Topliss-reactive ketones (excluding diaryl/α,β-unsaturated/α-hetero) is 1. The van der Waals surface area contributed by atoms with E-state index in [-0.39, 0.29) is 5.78 Å². The first-order valence-corrected chi connectivity index (χ1v) is 8.74. The van der Waals surface area contributed by atoms with Crippen molar-refractivity contribution in [2.45, 2.75) is 13.8 Å². The largest absolute Gasteiger partial charge is 0.411 e. The molecule has 4 N–H and O–H groups in total. The summed E-state index contributed by atoms with van der Waals surface area (Å²) in [5.41, 5.74) is 4.12. The smallest absolute Gasteiger partial charge is 0.159 e. The summed E-state index contributed by atoms with van der Waals surface area (Å²) in [7, 11) is 0. The number of hydrogen-bond donors (Lipinski definition) is 3. The summed E-state index contributed by atoms with van der Waals surface area (Å²) in [5.74, 6) is 3.59. The van der Waals surface area contributed by atoms with Crippen molar-refractivity contribution in [2.24, 2.45) is 11.1 Å². The number of nitrogens with two attached hydrogens (primary N) is 1. The molecule has 2 heterocycles. The Morgan fingerprint density at radius 2 is 1.31 bits per heavy atom. The van der Waals surface area contributed by atoms with Gasteiger partial charge in [0.15, 0.2) is 5.78 Å². The second-order valence-corrected chi connectivity index (χ2v) is 6.06. The van der Waals surface area contributed by atoms with Crippen LogP contribution >= 0.6 is 0 Å². The zero-order chi connectivity index (χ0) is 21.2. The molecule has 2 aromatic heterocycles. The summed E-state index contributed by atoms with van der Waals surface area (Å²) in [6.45, 7) is 3.33. The van der Waals surface area contributed by atoms with Gasteiger partial charge in [0.25, 0.3) is 0 Å². The van der Waals surface area contributed by atoms with Crippen molar-refractivity contribution in [1.82, 2.24) is 9.97 Å². The van der Waals surface area contributed by atoms with Crippen molar-refractivity contribution in [1.29, 1.82) is 0 Å². The Hall–Kier alpha value is -3.68. The van der Waals surface area contributed by atoms with E-state index in [1.54, 1.807) is 32.3 Å². The van der Waals surface area contributed by atoms with Crippen molar-refractivity contribution < 1.29 is 15.2 Å². The van der Waals surface area contributed by atoms with Gasteiger partial charge in [-0.3, -0.25) is 14.8 Å². The number of benzene rings is 2. The van der Waals surface area contributed by atoms with Crippen molar-refractivity contribution >= 4 is 33.3 Å². The number of pyridine rings is 2. The maximum atomic E-state index is 11.1. The topological polar surface area (TPSA) is 122 Å². The fourth-order valence-corrected chi connectivity index (χ4v) is 2.65. The van der Waals surface area contributed by atoms with Gasteiger partial charge in [-0.15, -0.1) is 0 Å². The van der Waals surface area contributed by atoms with Gasteiger partial charge >= 0.3 is 0 Å². The molecule has 0 bridgehead atoms. The van der Waals surface area contributed by atoms with Crippen LogP contribution in [-0.4, -0.2) is 31.9 Å². The van der Waals surface area contributed by atoms with Crippen LogP contribution < -0.4 is 5.90 Å². The average molecular weight is 390 g/mol. The molecule has 0 aliphatic carbocycles. The van der Waals surface area contributed by atoms with Crippen LogP contribution in [0.2, 0.25) is 0 Å². The molecule has 0 saturated carbocycles. The maximum Gasteiger partial charge on any atom is 0.159 e. The highest BCUT2D eigenvalue weighted by atomic mass is 16.4. The van der Waals surface area contributed by atoms with Crippen LogP contribution in [0, 0.1) is 0 Å². The van der Waals surface area contributed by atoms with E-state index in [0.717, 1.165) is 32.9 Å². The van der Waals surface area contributed by atoms with E-state index in [1.165, 1.54) is 0 Å². The second kappa shape index (κ2) is 10.6. The third-order valence-electron chi connectivity index (χ3n) is 4.18. The lowest BCUT2D eigenvalue weighted by molar-refractivity contribution is 0.101. The summed E-state index contributed by atoms with van der Waals surface area (Å²) in [5, 5.41) is 20.4. The molecule has 0 atom stereocenters. The van der Waals surface area contributed by atoms with Crippen LogP contribution in [0.15, 0.2) is 78.2 Å². The summed E-state index contributed by atoms with van der Waals surface area (Å²) >= 11 is 0. The molecule has 4 aromatic rings. The third-order valence-corrected chi connectivity index (χ3v) is 4.18. The van der Waals surface area contributed by atoms with Gasteiger partial charge in [-0.2, -0.15) is 0 Å². The molecule has 0 unspecified atom stereocenters. The lowest BCUT2D eigenvalue weighted by atomic mass is 10.1. The molecule has 7 heteroatoms. The maximum absolute atomic E-state index is 11.1. The van der Waals surface area contributed by atoms with Gasteiger partial charge in [-0.1, -0.05) is 23.4 Å². The van der Waals surface area contributed by atoms with Gasteiger partial charge in [0.1, 0.15) is 0 Å². The molecular formula is C22H22N4O3. The highest BCUT2D eigenvalue weighted by Crippen LogP contribution is 2.14. The van der Waals surface area contributed by atoms with Gasteiger partial charge in [-0.25, -0.2) is 5.90 Å². The molecule has 29 heavy (non-hydrogen) atoms. The number of hydrogen-bond acceptors (Lipinski definition) is 7. The van der Waals surface area contributed by atoms with Gasteiger partial charge in [-0.05, 0) is 61.9 Å². The van der Waals surface area contributed by atoms with E-state index in [9.17, 15) is 4.79 Å². The summed E-state index contributed by atoms with van der Waals surface area (Å²) in [4.78, 5) is 19.4. The van der Waals surface area contributed by atoms with Gasteiger partial charge in [0.05, 0.1) is 16.7 Å². The highest BCUT2D eigenvalue weighted by molar-refractivity contribution is 6.01. The number of oxime groups is 1. The van der Waals surface area contributed by atoms with E-state index in [2.05, 4.69) is 21.0 Å². The summed E-state index contributed by atoms with van der Waals surface area (Å²) in [6.07, 6.45) is 3.50. The third kappa shape index (κ3) is 5.65. The number of nitrogens with zero attached hydrogens (tertiary/aromatic N) is 3. The quantitative estimate of drug-likeness (QED) is 0.204. The second-order valence-electron chi connectivity index (χ2n) is 6.06. The first-order valence-electron chi connectivity index (χ1n) is 8.74. The predicted octanol–water partition coefficient (Wildman–Crippen LogP) is 4.20. The lowest BCUT2D eigenvalue weighted by Crippen LogP contribution is -1.93. The fourth-order valence-electron chi connectivity index (χ4n) is 2.65. The average Bonchev–Trinajstić information content (AvgIpc) is 2.79. The predicted molar refractivity (Wildman–Crippen MR) is 113 cm³/mol. The Morgan fingerprint density at radius 1 is 0.828 bits per heavy atom. The number of ketones is 1. The first kappa shape index (κ1) is 21.6. The van der Waals surface area contributed by atoms with Crippen LogP contribution in [0.3, 0.4) is 0 Å². The Balaban J connectivity index is 0.000000191. The van der Waals surface area contributed by atoms with Gasteiger partial charge in [0, 0.05) is 28.7 Å². The lowest BCUT2D eigenvalue weighted by Gasteiger charge is -2.00. The van der Waals surface area contributed by atoms with E-state index >= 15 is 0 Å². The fraction of sp³-hybridized carbons (Fsp3) is 0.0909. The molecule has 0 fully saturated rings. The van der Waals surface area contributed by atoms with E-state index < -0.39 is 0 Å². The number of rotatable bonds is 2. The Morgan fingerprint density at radius 3 is 1.79 bits per heavy atom. The molecule has 7 nitrogen and oxygen atoms in total. The zero-order valence-electron chi connectivity index (χ0n) is 16.1. The molecule has 148 valence electrons. The Kier molecular flexibility index (Phi) is 7.90. The Bertz CT molecular complexity index is 1140. The van der Waals surface area contributed by atoms with Gasteiger partial charge in [0.2, 0.25) is 0 Å². The molecule has 4 rings (SSSR count). The van der Waals surface area contributed by atoms with E-state index in [0.29, 0.717) is 5.71 Å². The molecular weight excluding hydrogens is 368 g/mol. The monoisotopic (exact) mass is 390 g/mol. The van der Waals surface area contributed by atoms with Crippen LogP contribution in [0.25, 0.3) is 21.8 Å². The van der Waals surface area contributed by atoms with Crippen molar-refractivity contribution in [3.05, 3.63) is 84.2 Å². The molecule has 0 spiro atoms. The van der Waals surface area contributed by atoms with E-state index in [4.69, 9.17) is 10.4 Å². The minimum absolute atomic E-state index is 0.0887. The molecule has 0 aliphatic heterocycles. The molecule has 0 saturated heterocycles. The van der Waals surface area contributed by atoms with E-state index in [1.807, 2.05) is 54.6 Å². The highest BCUT2D eigenvalue weighted by Gasteiger charge is 2.00. The van der Waals surface area contributed by atoms with Crippen LogP contribution in [-0.2, 0) is 0 Å². The standard InChI is InChI=1S/C11H10N2O.C11H9NO.H3NO/c1-8(13-14)9-4-5-11-10(7-9)3-2-6-12-11;1-8(13)9-4-5-11-10(7-9)3-2-6-12-11;1-2/h2-7,14H,1H3;2-7H,1H3;2H,1H2/b13-8+;;. The zero-order valence-corrected chi connectivity index (χ0v) is 16.1. The molecule has 0 aliphatic rings.